The number of rotatable bonds is 6. The highest BCUT2D eigenvalue weighted by Crippen LogP contribution is 2.30. The molecule has 0 amide bonds. The van der Waals surface area contributed by atoms with Gasteiger partial charge in [-0.15, -0.1) is 0 Å². The Balaban J connectivity index is 1.86. The zero-order chi connectivity index (χ0) is 15.2. The Labute approximate surface area is 137 Å². The number of nitrogens with zero attached hydrogens (tertiary/aromatic N) is 1. The molecule has 1 aliphatic rings. The Kier molecular flexibility index (Phi) is 6.77. The summed E-state index contributed by atoms with van der Waals surface area (Å²) in [7, 11) is 0. The second-order valence-electron chi connectivity index (χ2n) is 5.56. The first-order valence-corrected chi connectivity index (χ1v) is 8.40. The number of piperidine rings is 1. The fourth-order valence-electron chi connectivity index (χ4n) is 2.87. The summed E-state index contributed by atoms with van der Waals surface area (Å²) < 4.78 is 5.73. The zero-order valence-electron chi connectivity index (χ0n) is 12.5. The van der Waals surface area contributed by atoms with Crippen LogP contribution in [0, 0.1) is 0 Å². The molecule has 2 N–H and O–H groups in total. The van der Waals surface area contributed by atoms with E-state index in [4.69, 9.17) is 33.7 Å². The molecule has 1 aromatic rings. The first-order valence-electron chi connectivity index (χ1n) is 7.65. The smallest absolute Gasteiger partial charge is 0.0702 e. The third-order valence-corrected chi connectivity index (χ3v) is 4.84. The van der Waals surface area contributed by atoms with E-state index in [1.54, 1.807) is 6.07 Å². The average molecular weight is 331 g/mol. The lowest BCUT2D eigenvalue weighted by Gasteiger charge is -2.33. The normalized spacial score (nSPS) is 21.4. The van der Waals surface area contributed by atoms with E-state index >= 15 is 0 Å². The minimum atomic E-state index is -0.0799. The average Bonchev–Trinajstić information content (AvgIpc) is 2.48. The molecule has 2 rings (SSSR count). The number of likely N-dealkylation sites (tertiary alicyclic amines) is 1. The summed E-state index contributed by atoms with van der Waals surface area (Å²) in [5.74, 6) is 0. The molecule has 1 saturated heterocycles. The number of benzene rings is 1. The van der Waals surface area contributed by atoms with Crippen molar-refractivity contribution in [2.24, 2.45) is 5.73 Å². The van der Waals surface area contributed by atoms with Crippen LogP contribution in [-0.2, 0) is 4.74 Å². The van der Waals surface area contributed by atoms with Crippen LogP contribution >= 0.6 is 23.2 Å². The summed E-state index contributed by atoms with van der Waals surface area (Å²) in [5, 5.41) is 1.15. The predicted octanol–water partition coefficient (Wildman–Crippen LogP) is 3.88. The molecule has 1 aliphatic heterocycles. The third-order valence-electron chi connectivity index (χ3n) is 4.00. The summed E-state index contributed by atoms with van der Waals surface area (Å²) in [6, 6.07) is 5.56. The van der Waals surface area contributed by atoms with E-state index in [-0.39, 0.29) is 6.04 Å². The van der Waals surface area contributed by atoms with E-state index in [2.05, 4.69) is 11.8 Å². The first kappa shape index (κ1) is 17.0. The van der Waals surface area contributed by atoms with E-state index in [0.717, 1.165) is 44.6 Å². The van der Waals surface area contributed by atoms with Crippen molar-refractivity contribution in [1.29, 1.82) is 0 Å². The van der Waals surface area contributed by atoms with Crippen molar-refractivity contribution in [3.63, 3.8) is 0 Å². The molecule has 0 saturated carbocycles. The minimum absolute atomic E-state index is 0.0799. The molecule has 0 aliphatic carbocycles. The Morgan fingerprint density at radius 1 is 1.43 bits per heavy atom. The molecule has 2 unspecified atom stereocenters. The van der Waals surface area contributed by atoms with Crippen LogP contribution in [-0.4, -0.2) is 37.2 Å². The molecule has 5 heteroatoms. The van der Waals surface area contributed by atoms with Crippen molar-refractivity contribution >= 4 is 23.2 Å². The topological polar surface area (TPSA) is 38.5 Å². The lowest BCUT2D eigenvalue weighted by atomic mass is 10.0. The molecule has 1 heterocycles. The molecule has 3 nitrogen and oxygen atoms in total. The second kappa shape index (κ2) is 8.35. The van der Waals surface area contributed by atoms with Crippen molar-refractivity contribution in [3.8, 4) is 0 Å². The van der Waals surface area contributed by atoms with Crippen molar-refractivity contribution in [2.45, 2.75) is 38.3 Å². The van der Waals surface area contributed by atoms with Gasteiger partial charge in [-0.05, 0) is 44.4 Å². The summed E-state index contributed by atoms with van der Waals surface area (Å²) in [6.45, 7) is 5.93. The molecule has 1 aromatic carbocycles. The Hall–Kier alpha value is -0.320. The van der Waals surface area contributed by atoms with Gasteiger partial charge in [0.1, 0.15) is 0 Å². The number of hydrogen-bond acceptors (Lipinski definition) is 3. The zero-order valence-corrected chi connectivity index (χ0v) is 14.0. The van der Waals surface area contributed by atoms with Gasteiger partial charge in [-0.2, -0.15) is 0 Å². The first-order chi connectivity index (χ1) is 10.1. The van der Waals surface area contributed by atoms with Crippen LogP contribution in [0.4, 0.5) is 0 Å². The maximum atomic E-state index is 6.27. The van der Waals surface area contributed by atoms with E-state index < -0.39 is 0 Å². The largest absolute Gasteiger partial charge is 0.377 e. The predicted molar refractivity (Wildman–Crippen MR) is 89.1 cm³/mol. The maximum Gasteiger partial charge on any atom is 0.0702 e. The summed E-state index contributed by atoms with van der Waals surface area (Å²) in [6.07, 6.45) is 3.60. The fraction of sp³-hybridized carbons (Fsp3) is 0.625. The second-order valence-corrected chi connectivity index (χ2v) is 6.34. The highest BCUT2D eigenvalue weighted by Gasteiger charge is 2.21. The lowest BCUT2D eigenvalue weighted by Crippen LogP contribution is -2.40. The van der Waals surface area contributed by atoms with Crippen LogP contribution in [0.1, 0.15) is 37.8 Å². The van der Waals surface area contributed by atoms with Crippen LogP contribution < -0.4 is 5.73 Å². The molecule has 1 fully saturated rings. The van der Waals surface area contributed by atoms with Gasteiger partial charge < -0.3 is 15.4 Å². The molecular weight excluding hydrogens is 307 g/mol. The molecule has 0 aromatic heterocycles. The van der Waals surface area contributed by atoms with Gasteiger partial charge in [-0.1, -0.05) is 35.3 Å². The SMILES string of the molecule is CCOC1CCCN(CCC(N)c2cccc(Cl)c2Cl)C1. The molecular formula is C16H24Cl2N2O. The molecule has 118 valence electrons. The summed E-state index contributed by atoms with van der Waals surface area (Å²) in [5.41, 5.74) is 7.21. The molecule has 0 spiro atoms. The lowest BCUT2D eigenvalue weighted by molar-refractivity contribution is 0.00530. The molecule has 21 heavy (non-hydrogen) atoms. The van der Waals surface area contributed by atoms with Gasteiger partial charge in [-0.25, -0.2) is 0 Å². The van der Waals surface area contributed by atoms with Crippen LogP contribution in [0.25, 0.3) is 0 Å². The number of hydrogen-bond donors (Lipinski definition) is 1. The Morgan fingerprint density at radius 3 is 3.00 bits per heavy atom. The van der Waals surface area contributed by atoms with Crippen molar-refractivity contribution in [1.82, 2.24) is 4.90 Å². The van der Waals surface area contributed by atoms with Crippen LogP contribution in [0.15, 0.2) is 18.2 Å². The van der Waals surface area contributed by atoms with E-state index in [0.29, 0.717) is 16.1 Å². The Morgan fingerprint density at radius 2 is 2.24 bits per heavy atom. The summed E-state index contributed by atoms with van der Waals surface area (Å²) in [4.78, 5) is 2.43. The fourth-order valence-corrected chi connectivity index (χ4v) is 3.32. The quantitative estimate of drug-likeness (QED) is 0.860. The van der Waals surface area contributed by atoms with Gasteiger partial charge in [0.2, 0.25) is 0 Å². The Bertz CT molecular complexity index is 454. The van der Waals surface area contributed by atoms with Crippen LogP contribution in [0.2, 0.25) is 10.0 Å². The van der Waals surface area contributed by atoms with Gasteiger partial charge in [-0.3, -0.25) is 0 Å². The van der Waals surface area contributed by atoms with Gasteiger partial charge in [0.15, 0.2) is 0 Å². The van der Waals surface area contributed by atoms with Gasteiger partial charge in [0.05, 0.1) is 16.1 Å². The van der Waals surface area contributed by atoms with Crippen LogP contribution in [0.3, 0.4) is 0 Å². The highest BCUT2D eigenvalue weighted by molar-refractivity contribution is 6.42. The van der Waals surface area contributed by atoms with Gasteiger partial charge in [0, 0.05) is 25.7 Å². The minimum Gasteiger partial charge on any atom is -0.377 e. The maximum absolute atomic E-state index is 6.27. The van der Waals surface area contributed by atoms with Crippen molar-refractivity contribution in [3.05, 3.63) is 33.8 Å². The standard InChI is InChI=1S/C16H24Cl2N2O/c1-2-21-12-5-4-9-20(11-12)10-8-15(19)13-6-3-7-14(17)16(13)18/h3,6-7,12,15H,2,4-5,8-11,19H2,1H3. The number of nitrogens with two attached hydrogens (primary N) is 1. The van der Waals surface area contributed by atoms with Crippen molar-refractivity contribution < 1.29 is 4.74 Å². The van der Waals surface area contributed by atoms with E-state index in [9.17, 15) is 0 Å². The third kappa shape index (κ3) is 4.83. The van der Waals surface area contributed by atoms with Crippen molar-refractivity contribution in [2.75, 3.05) is 26.2 Å². The summed E-state index contributed by atoms with van der Waals surface area (Å²) >= 11 is 12.3. The molecule has 2 atom stereocenters. The highest BCUT2D eigenvalue weighted by atomic mass is 35.5. The van der Waals surface area contributed by atoms with Gasteiger partial charge in [0.25, 0.3) is 0 Å². The van der Waals surface area contributed by atoms with Crippen LogP contribution in [0.5, 0.6) is 0 Å². The van der Waals surface area contributed by atoms with E-state index in [1.807, 2.05) is 12.1 Å². The van der Waals surface area contributed by atoms with Gasteiger partial charge >= 0.3 is 0 Å². The van der Waals surface area contributed by atoms with E-state index in [1.165, 1.54) is 6.42 Å². The number of halogens is 2. The number of ether oxygens (including phenoxy) is 1. The molecule has 0 bridgehead atoms. The monoisotopic (exact) mass is 330 g/mol. The molecule has 0 radical (unpaired) electrons.